The SMILES string of the molecule is CC(=CB1OC(C)(C)C(C)(C)O1)c1ccc(C(F)(F)F)cc1. The first-order valence-corrected chi connectivity index (χ1v) is 7.14. The van der Waals surface area contributed by atoms with Crippen LogP contribution in [0.5, 0.6) is 0 Å². The normalized spacial score (nSPS) is 21.3. The van der Waals surface area contributed by atoms with Gasteiger partial charge >= 0.3 is 13.3 Å². The van der Waals surface area contributed by atoms with E-state index in [9.17, 15) is 13.2 Å². The Morgan fingerprint density at radius 3 is 1.86 bits per heavy atom. The molecule has 120 valence electrons. The van der Waals surface area contributed by atoms with Gasteiger partial charge in [0.25, 0.3) is 0 Å². The van der Waals surface area contributed by atoms with E-state index in [2.05, 4.69) is 0 Å². The Morgan fingerprint density at radius 1 is 1.00 bits per heavy atom. The maximum Gasteiger partial charge on any atom is 0.487 e. The van der Waals surface area contributed by atoms with Crippen LogP contribution in [0.25, 0.3) is 5.57 Å². The highest BCUT2D eigenvalue weighted by Crippen LogP contribution is 2.37. The second-order valence-electron chi connectivity index (χ2n) is 6.55. The summed E-state index contributed by atoms with van der Waals surface area (Å²) in [5.41, 5.74) is -0.00183. The molecule has 0 aliphatic carbocycles. The number of rotatable bonds is 2. The Bertz CT molecular complexity index is 558. The number of benzene rings is 1. The van der Waals surface area contributed by atoms with Gasteiger partial charge in [-0.15, -0.1) is 0 Å². The molecule has 1 heterocycles. The van der Waals surface area contributed by atoms with E-state index in [0.717, 1.165) is 17.7 Å². The van der Waals surface area contributed by atoms with Crippen molar-refractivity contribution in [2.75, 3.05) is 0 Å². The van der Waals surface area contributed by atoms with Gasteiger partial charge in [0.05, 0.1) is 16.8 Å². The van der Waals surface area contributed by atoms with Gasteiger partial charge in [-0.25, -0.2) is 0 Å². The van der Waals surface area contributed by atoms with Gasteiger partial charge in [-0.1, -0.05) is 23.7 Å². The third-order valence-electron chi connectivity index (χ3n) is 4.33. The van der Waals surface area contributed by atoms with Crippen molar-refractivity contribution in [2.24, 2.45) is 0 Å². The molecule has 1 aromatic carbocycles. The molecule has 6 heteroatoms. The van der Waals surface area contributed by atoms with E-state index >= 15 is 0 Å². The van der Waals surface area contributed by atoms with E-state index < -0.39 is 30.1 Å². The fourth-order valence-corrected chi connectivity index (χ4v) is 2.18. The van der Waals surface area contributed by atoms with Gasteiger partial charge in [0.2, 0.25) is 0 Å². The fraction of sp³-hybridized carbons (Fsp3) is 0.500. The van der Waals surface area contributed by atoms with Crippen LogP contribution in [0, 0.1) is 0 Å². The van der Waals surface area contributed by atoms with E-state index in [-0.39, 0.29) is 0 Å². The molecule has 1 aliphatic heterocycles. The first-order valence-electron chi connectivity index (χ1n) is 7.14. The summed E-state index contributed by atoms with van der Waals surface area (Å²) in [4.78, 5) is 0. The Hall–Kier alpha value is -1.27. The Labute approximate surface area is 129 Å². The zero-order valence-electron chi connectivity index (χ0n) is 13.4. The van der Waals surface area contributed by atoms with Crippen LogP contribution in [0.15, 0.2) is 30.2 Å². The summed E-state index contributed by atoms with van der Waals surface area (Å²) < 4.78 is 49.4. The highest BCUT2D eigenvalue weighted by atomic mass is 19.4. The average Bonchev–Trinajstić information content (AvgIpc) is 2.56. The minimum Gasteiger partial charge on any atom is -0.400 e. The molecule has 0 bridgehead atoms. The van der Waals surface area contributed by atoms with Crippen LogP contribution < -0.4 is 0 Å². The molecular weight excluding hydrogens is 292 g/mol. The van der Waals surface area contributed by atoms with Gasteiger partial charge in [0.1, 0.15) is 0 Å². The predicted octanol–water partition coefficient (Wildman–Crippen LogP) is 4.74. The van der Waals surface area contributed by atoms with Gasteiger partial charge in [0, 0.05) is 0 Å². The molecule has 0 atom stereocenters. The van der Waals surface area contributed by atoms with Crippen LogP contribution in [0.2, 0.25) is 0 Å². The minimum atomic E-state index is -4.32. The van der Waals surface area contributed by atoms with Crippen molar-refractivity contribution in [1.29, 1.82) is 0 Å². The van der Waals surface area contributed by atoms with Gasteiger partial charge in [0.15, 0.2) is 0 Å². The highest BCUT2D eigenvalue weighted by Gasteiger charge is 2.50. The molecule has 0 N–H and O–H groups in total. The summed E-state index contributed by atoms with van der Waals surface area (Å²) >= 11 is 0. The second kappa shape index (κ2) is 5.42. The zero-order valence-corrected chi connectivity index (χ0v) is 13.4. The molecule has 1 aromatic rings. The van der Waals surface area contributed by atoms with Gasteiger partial charge < -0.3 is 9.31 Å². The number of halogens is 3. The van der Waals surface area contributed by atoms with Crippen molar-refractivity contribution in [3.05, 3.63) is 41.4 Å². The predicted molar refractivity (Wildman–Crippen MR) is 81.2 cm³/mol. The Morgan fingerprint density at radius 2 is 1.45 bits per heavy atom. The molecule has 0 saturated carbocycles. The first kappa shape index (κ1) is 17.1. The maximum absolute atomic E-state index is 12.6. The quantitative estimate of drug-likeness (QED) is 0.734. The number of alkyl halides is 3. The summed E-state index contributed by atoms with van der Waals surface area (Å²) in [5.74, 6) is 1.79. The summed E-state index contributed by atoms with van der Waals surface area (Å²) in [7, 11) is -0.507. The fourth-order valence-electron chi connectivity index (χ4n) is 2.18. The maximum atomic E-state index is 12.6. The molecule has 1 aliphatic rings. The molecular formula is C16H20BF3O2. The lowest BCUT2D eigenvalue weighted by Gasteiger charge is -2.32. The first-order chi connectivity index (χ1) is 9.92. The number of hydrogen-bond donors (Lipinski definition) is 0. The monoisotopic (exact) mass is 312 g/mol. The molecule has 0 unspecified atom stereocenters. The third-order valence-corrected chi connectivity index (χ3v) is 4.33. The van der Waals surface area contributed by atoms with E-state index in [1.54, 1.807) is 5.98 Å². The van der Waals surface area contributed by atoms with Crippen LogP contribution >= 0.6 is 0 Å². The lowest BCUT2D eigenvalue weighted by Crippen LogP contribution is -2.41. The largest absolute Gasteiger partial charge is 0.487 e. The standard InChI is InChI=1S/C16H20BF3O2/c1-11(10-17-21-14(2,3)15(4,5)22-17)12-6-8-13(9-7-12)16(18,19)20/h6-10H,1-5H3. The number of allylic oxidation sites excluding steroid dienone is 1. The van der Waals surface area contributed by atoms with Crippen molar-refractivity contribution in [3.8, 4) is 0 Å². The molecule has 22 heavy (non-hydrogen) atoms. The number of hydrogen-bond acceptors (Lipinski definition) is 2. The van der Waals surface area contributed by atoms with Crippen molar-refractivity contribution in [3.63, 3.8) is 0 Å². The smallest absolute Gasteiger partial charge is 0.400 e. The van der Waals surface area contributed by atoms with E-state index in [1.807, 2.05) is 34.6 Å². The third kappa shape index (κ3) is 3.38. The molecule has 2 rings (SSSR count). The molecule has 1 saturated heterocycles. The summed E-state index contributed by atoms with van der Waals surface area (Å²) in [6.07, 6.45) is -4.32. The van der Waals surface area contributed by atoms with E-state index in [1.165, 1.54) is 12.1 Å². The molecule has 1 fully saturated rings. The zero-order chi connectivity index (χ0) is 16.8. The lowest BCUT2D eigenvalue weighted by atomic mass is 9.85. The van der Waals surface area contributed by atoms with Crippen molar-refractivity contribution < 1.29 is 22.5 Å². The Kier molecular flexibility index (Phi) is 4.21. The minimum absolute atomic E-state index is 0.436. The topological polar surface area (TPSA) is 18.5 Å². The highest BCUT2D eigenvalue weighted by molar-refractivity contribution is 6.53. The lowest BCUT2D eigenvalue weighted by molar-refractivity contribution is -0.137. The molecule has 0 spiro atoms. The van der Waals surface area contributed by atoms with E-state index in [0.29, 0.717) is 5.56 Å². The van der Waals surface area contributed by atoms with Crippen LogP contribution in [-0.4, -0.2) is 18.3 Å². The summed E-state index contributed by atoms with van der Waals surface area (Å²) in [6, 6.07) is 5.08. The molecule has 2 nitrogen and oxygen atoms in total. The van der Waals surface area contributed by atoms with E-state index in [4.69, 9.17) is 9.31 Å². The molecule has 0 radical (unpaired) electrons. The second-order valence-corrected chi connectivity index (χ2v) is 6.55. The van der Waals surface area contributed by atoms with Crippen LogP contribution in [0.4, 0.5) is 13.2 Å². The van der Waals surface area contributed by atoms with Crippen LogP contribution in [-0.2, 0) is 15.5 Å². The Balaban J connectivity index is 2.17. The van der Waals surface area contributed by atoms with Crippen LogP contribution in [0.1, 0.15) is 45.7 Å². The average molecular weight is 312 g/mol. The van der Waals surface area contributed by atoms with Crippen LogP contribution in [0.3, 0.4) is 0 Å². The van der Waals surface area contributed by atoms with Crippen molar-refractivity contribution >= 4 is 12.7 Å². The summed E-state index contributed by atoms with van der Waals surface area (Å²) in [5, 5.41) is 0. The van der Waals surface area contributed by atoms with Gasteiger partial charge in [-0.2, -0.15) is 13.2 Å². The van der Waals surface area contributed by atoms with Gasteiger partial charge in [-0.05, 0) is 52.3 Å². The van der Waals surface area contributed by atoms with Gasteiger partial charge in [-0.3, -0.25) is 0 Å². The molecule has 0 amide bonds. The van der Waals surface area contributed by atoms with Crippen molar-refractivity contribution in [1.82, 2.24) is 0 Å². The van der Waals surface area contributed by atoms with Crippen molar-refractivity contribution in [2.45, 2.75) is 52.0 Å². The molecule has 0 aromatic heterocycles. The summed E-state index contributed by atoms with van der Waals surface area (Å²) in [6.45, 7) is 9.64.